The first kappa shape index (κ1) is 19.7. The number of aromatic hydroxyl groups is 1. The van der Waals surface area contributed by atoms with Crippen LogP contribution in [-0.2, 0) is 24.2 Å². The summed E-state index contributed by atoms with van der Waals surface area (Å²) < 4.78 is 1.61. The monoisotopic (exact) mass is 406 g/mol. The van der Waals surface area contributed by atoms with Crippen molar-refractivity contribution in [2.45, 2.75) is 38.8 Å². The van der Waals surface area contributed by atoms with Crippen molar-refractivity contribution in [3.8, 4) is 5.75 Å². The van der Waals surface area contributed by atoms with Crippen molar-refractivity contribution < 1.29 is 19.8 Å². The molecule has 154 valence electrons. The molecule has 1 amide bonds. The fourth-order valence-electron chi connectivity index (χ4n) is 4.14. The molecule has 1 unspecified atom stereocenters. The number of carboxylic acids is 1. The summed E-state index contributed by atoms with van der Waals surface area (Å²) in [4.78, 5) is 36.9. The molecule has 0 saturated carbocycles. The van der Waals surface area contributed by atoms with Crippen molar-refractivity contribution in [2.75, 3.05) is 0 Å². The molecule has 7 heteroatoms. The number of hydrogen-bond donors (Lipinski definition) is 3. The molecular formula is C23H22N2O5. The molecule has 30 heavy (non-hydrogen) atoms. The maximum absolute atomic E-state index is 13.1. The molecule has 7 nitrogen and oxygen atoms in total. The van der Waals surface area contributed by atoms with Gasteiger partial charge in [-0.05, 0) is 42.5 Å². The highest BCUT2D eigenvalue weighted by Crippen LogP contribution is 2.34. The molecule has 0 bridgehead atoms. The van der Waals surface area contributed by atoms with Gasteiger partial charge in [0.1, 0.15) is 11.3 Å². The largest absolute Gasteiger partial charge is 0.506 e. The van der Waals surface area contributed by atoms with Crippen molar-refractivity contribution >= 4 is 22.8 Å². The molecule has 4 rings (SSSR count). The molecule has 2 heterocycles. The number of carbonyl (C=O) groups is 2. The average Bonchev–Trinajstić information content (AvgIpc) is 2.71. The summed E-state index contributed by atoms with van der Waals surface area (Å²) in [6.45, 7) is 2.04. The van der Waals surface area contributed by atoms with Crippen molar-refractivity contribution in [3.05, 3.63) is 75.1 Å². The SMILES string of the molecule is CC1CCc2cccc3c(O)c(C(=O)NCc4cccc(CC(=O)O)c4)c(=O)n1c23. The third kappa shape index (κ3) is 3.43. The molecule has 0 radical (unpaired) electrons. The Morgan fingerprint density at radius 1 is 1.17 bits per heavy atom. The zero-order chi connectivity index (χ0) is 21.4. The zero-order valence-corrected chi connectivity index (χ0v) is 16.5. The Morgan fingerprint density at radius 2 is 1.90 bits per heavy atom. The predicted molar refractivity (Wildman–Crippen MR) is 112 cm³/mol. The maximum Gasteiger partial charge on any atom is 0.307 e. The van der Waals surface area contributed by atoms with Gasteiger partial charge in [-0.25, -0.2) is 0 Å². The summed E-state index contributed by atoms with van der Waals surface area (Å²) in [7, 11) is 0. The van der Waals surface area contributed by atoms with Gasteiger partial charge in [0.25, 0.3) is 11.5 Å². The van der Waals surface area contributed by atoms with E-state index in [1.807, 2.05) is 19.1 Å². The Hall–Kier alpha value is -3.61. The molecule has 0 saturated heterocycles. The van der Waals surface area contributed by atoms with Crippen LogP contribution in [0.3, 0.4) is 0 Å². The minimum absolute atomic E-state index is 0.0743. The molecule has 3 aromatic rings. The number of pyridine rings is 1. The van der Waals surface area contributed by atoms with Crippen LogP contribution < -0.4 is 10.9 Å². The standard InChI is InChI=1S/C23H22N2O5/c1-13-8-9-16-6-3-7-17-20(16)25(13)23(30)19(21(17)28)22(29)24-12-15-5-2-4-14(10-15)11-18(26)27/h2-7,10,13,28H,8-9,11-12H2,1H3,(H,24,29)(H,26,27). The Kier molecular flexibility index (Phi) is 5.03. The van der Waals surface area contributed by atoms with Gasteiger partial charge < -0.3 is 20.1 Å². The number of aryl methyl sites for hydroxylation is 1. The number of carboxylic acid groups (broad SMARTS) is 1. The number of para-hydroxylation sites is 1. The van der Waals surface area contributed by atoms with Gasteiger partial charge in [-0.15, -0.1) is 0 Å². The van der Waals surface area contributed by atoms with Gasteiger partial charge in [0.05, 0.1) is 11.9 Å². The third-order valence-corrected chi connectivity index (χ3v) is 5.58. The number of nitrogens with zero attached hydrogens (tertiary/aromatic N) is 1. The molecule has 1 aliphatic rings. The summed E-state index contributed by atoms with van der Waals surface area (Å²) in [5, 5.41) is 22.9. The lowest BCUT2D eigenvalue weighted by atomic mass is 9.95. The fourth-order valence-corrected chi connectivity index (χ4v) is 4.14. The molecule has 1 aliphatic heterocycles. The first-order valence-corrected chi connectivity index (χ1v) is 9.83. The highest BCUT2D eigenvalue weighted by Gasteiger charge is 2.27. The molecule has 3 N–H and O–H groups in total. The number of benzene rings is 2. The van der Waals surface area contributed by atoms with E-state index in [1.54, 1.807) is 34.9 Å². The van der Waals surface area contributed by atoms with Crippen LogP contribution in [0.4, 0.5) is 0 Å². The van der Waals surface area contributed by atoms with Crippen molar-refractivity contribution in [1.29, 1.82) is 0 Å². The maximum atomic E-state index is 13.1. The van der Waals surface area contributed by atoms with Crippen LogP contribution in [-0.4, -0.2) is 26.7 Å². The van der Waals surface area contributed by atoms with Crippen LogP contribution >= 0.6 is 0 Å². The van der Waals surface area contributed by atoms with Gasteiger partial charge in [-0.1, -0.05) is 36.4 Å². The fraction of sp³-hybridized carbons (Fsp3) is 0.261. The summed E-state index contributed by atoms with van der Waals surface area (Å²) in [5.74, 6) is -1.90. The van der Waals surface area contributed by atoms with Crippen LogP contribution in [0.25, 0.3) is 10.9 Å². The van der Waals surface area contributed by atoms with Gasteiger partial charge in [-0.3, -0.25) is 14.4 Å². The van der Waals surface area contributed by atoms with E-state index in [1.165, 1.54) is 0 Å². The second kappa shape index (κ2) is 7.67. The number of aliphatic carboxylic acids is 1. The van der Waals surface area contributed by atoms with Crippen molar-refractivity contribution in [3.63, 3.8) is 0 Å². The molecule has 1 atom stereocenters. The number of amides is 1. The van der Waals surface area contributed by atoms with Gasteiger partial charge in [0.2, 0.25) is 0 Å². The molecule has 0 fully saturated rings. The van der Waals surface area contributed by atoms with E-state index in [9.17, 15) is 19.5 Å². The smallest absolute Gasteiger partial charge is 0.307 e. The second-order valence-corrected chi connectivity index (χ2v) is 7.67. The van der Waals surface area contributed by atoms with E-state index in [0.717, 1.165) is 18.4 Å². The highest BCUT2D eigenvalue weighted by molar-refractivity contribution is 6.03. The Labute approximate surface area is 172 Å². The van der Waals surface area contributed by atoms with E-state index in [-0.39, 0.29) is 30.3 Å². The highest BCUT2D eigenvalue weighted by atomic mass is 16.4. The normalized spacial score (nSPS) is 15.2. The molecule has 1 aromatic heterocycles. The first-order chi connectivity index (χ1) is 14.4. The Bertz CT molecular complexity index is 1230. The lowest BCUT2D eigenvalue weighted by Gasteiger charge is -2.26. The van der Waals surface area contributed by atoms with Gasteiger partial charge in [-0.2, -0.15) is 0 Å². The lowest BCUT2D eigenvalue weighted by molar-refractivity contribution is -0.136. The van der Waals surface area contributed by atoms with E-state index in [2.05, 4.69) is 5.32 Å². The van der Waals surface area contributed by atoms with Crippen LogP contribution in [0.2, 0.25) is 0 Å². The number of aromatic nitrogens is 1. The predicted octanol–water partition coefficient (Wildman–Crippen LogP) is 2.77. The zero-order valence-electron chi connectivity index (χ0n) is 16.5. The Morgan fingerprint density at radius 3 is 2.67 bits per heavy atom. The first-order valence-electron chi connectivity index (χ1n) is 9.83. The summed E-state index contributed by atoms with van der Waals surface area (Å²) in [5.41, 5.74) is 2.23. The number of hydrogen-bond acceptors (Lipinski definition) is 4. The minimum atomic E-state index is -0.937. The molecular weight excluding hydrogens is 384 g/mol. The van der Waals surface area contributed by atoms with Crippen LogP contribution in [0.1, 0.15) is 46.4 Å². The topological polar surface area (TPSA) is 109 Å². The van der Waals surface area contributed by atoms with E-state index in [0.29, 0.717) is 22.0 Å². The van der Waals surface area contributed by atoms with E-state index in [4.69, 9.17) is 5.11 Å². The van der Waals surface area contributed by atoms with Crippen molar-refractivity contribution in [1.82, 2.24) is 9.88 Å². The van der Waals surface area contributed by atoms with Crippen LogP contribution in [0, 0.1) is 0 Å². The molecule has 2 aromatic carbocycles. The average molecular weight is 406 g/mol. The van der Waals surface area contributed by atoms with Gasteiger partial charge >= 0.3 is 5.97 Å². The van der Waals surface area contributed by atoms with E-state index >= 15 is 0 Å². The quantitative estimate of drug-likeness (QED) is 0.604. The van der Waals surface area contributed by atoms with Gasteiger partial charge in [0.15, 0.2) is 0 Å². The molecule has 0 aliphatic carbocycles. The summed E-state index contributed by atoms with van der Waals surface area (Å²) in [6, 6.07) is 12.3. The minimum Gasteiger partial charge on any atom is -0.506 e. The van der Waals surface area contributed by atoms with Crippen LogP contribution in [0.5, 0.6) is 5.75 Å². The number of rotatable bonds is 5. The third-order valence-electron chi connectivity index (χ3n) is 5.58. The van der Waals surface area contributed by atoms with Crippen LogP contribution in [0.15, 0.2) is 47.3 Å². The second-order valence-electron chi connectivity index (χ2n) is 7.67. The number of carbonyl (C=O) groups excluding carboxylic acids is 1. The van der Waals surface area contributed by atoms with Gasteiger partial charge in [0, 0.05) is 18.0 Å². The summed E-state index contributed by atoms with van der Waals surface area (Å²) in [6.07, 6.45) is 1.49. The van der Waals surface area contributed by atoms with E-state index < -0.39 is 17.4 Å². The number of nitrogens with one attached hydrogen (secondary N) is 1. The molecule has 0 spiro atoms. The summed E-state index contributed by atoms with van der Waals surface area (Å²) >= 11 is 0. The lowest BCUT2D eigenvalue weighted by Crippen LogP contribution is -2.35. The Balaban J connectivity index is 1.68. The van der Waals surface area contributed by atoms with Crippen molar-refractivity contribution in [2.24, 2.45) is 0 Å².